The molecule has 0 amide bonds. The molecule has 25 heavy (non-hydrogen) atoms. The van der Waals surface area contributed by atoms with Gasteiger partial charge in [0.15, 0.2) is 0 Å². The van der Waals surface area contributed by atoms with Crippen LogP contribution in [-0.2, 0) is 6.18 Å². The predicted octanol–water partition coefficient (Wildman–Crippen LogP) is 3.01. The number of hydrogen-bond donors (Lipinski definition) is 3. The zero-order chi connectivity index (χ0) is 17.5. The van der Waals surface area contributed by atoms with Gasteiger partial charge in [-0.2, -0.15) is 13.2 Å². The highest BCUT2D eigenvalue weighted by Gasteiger charge is 2.36. The zero-order valence-electron chi connectivity index (χ0n) is 13.3. The molecule has 1 aromatic carbocycles. The fourth-order valence-corrected chi connectivity index (χ4v) is 2.88. The van der Waals surface area contributed by atoms with Gasteiger partial charge in [0.1, 0.15) is 0 Å². The van der Waals surface area contributed by atoms with E-state index in [2.05, 4.69) is 15.5 Å². The fraction of sp³-hybridized carbons (Fsp3) is 0.467. The first-order valence-electron chi connectivity index (χ1n) is 7.53. The van der Waals surface area contributed by atoms with Crippen LogP contribution in [0.25, 0.3) is 11.5 Å². The van der Waals surface area contributed by atoms with Crippen LogP contribution in [0.2, 0.25) is 0 Å². The van der Waals surface area contributed by atoms with Crippen molar-refractivity contribution in [1.82, 2.24) is 10.2 Å². The average Bonchev–Trinajstić information content (AvgIpc) is 2.89. The van der Waals surface area contributed by atoms with Crippen molar-refractivity contribution in [2.75, 3.05) is 5.32 Å². The molecule has 0 saturated heterocycles. The molecule has 0 spiro atoms. The van der Waals surface area contributed by atoms with E-state index in [9.17, 15) is 18.0 Å². The summed E-state index contributed by atoms with van der Waals surface area (Å²) in [6, 6.07) is 3.41. The SMILES string of the molecule is C[C@H](Nc1cc(-c2n[nH]c(=O)o2)ccc1C(F)(F)F)C1CC(N)C1.Cl. The number of benzene rings is 1. The van der Waals surface area contributed by atoms with Gasteiger partial charge in [0, 0.05) is 23.3 Å². The molecule has 0 aliphatic heterocycles. The van der Waals surface area contributed by atoms with Crippen LogP contribution in [0.1, 0.15) is 25.3 Å². The highest BCUT2D eigenvalue weighted by Crippen LogP contribution is 2.38. The Labute approximate surface area is 147 Å². The zero-order valence-corrected chi connectivity index (χ0v) is 14.1. The Morgan fingerprint density at radius 3 is 2.60 bits per heavy atom. The summed E-state index contributed by atoms with van der Waals surface area (Å²) < 4.78 is 44.5. The van der Waals surface area contributed by atoms with Crippen LogP contribution in [0.5, 0.6) is 0 Å². The number of halogens is 4. The van der Waals surface area contributed by atoms with Crippen molar-refractivity contribution in [3.8, 4) is 11.5 Å². The Balaban J connectivity index is 0.00000225. The van der Waals surface area contributed by atoms with Gasteiger partial charge in [-0.1, -0.05) is 0 Å². The molecular weight excluding hydrogens is 361 g/mol. The molecule has 1 aliphatic carbocycles. The van der Waals surface area contributed by atoms with Gasteiger partial charge in [0.2, 0.25) is 5.89 Å². The monoisotopic (exact) mass is 378 g/mol. The highest BCUT2D eigenvalue weighted by molar-refractivity contribution is 5.85. The molecule has 1 atom stereocenters. The van der Waals surface area contributed by atoms with Crippen LogP contribution >= 0.6 is 12.4 Å². The summed E-state index contributed by atoms with van der Waals surface area (Å²) in [7, 11) is 0. The average molecular weight is 379 g/mol. The third-order valence-corrected chi connectivity index (χ3v) is 4.31. The summed E-state index contributed by atoms with van der Waals surface area (Å²) in [6.07, 6.45) is -2.93. The summed E-state index contributed by atoms with van der Waals surface area (Å²) >= 11 is 0. The molecule has 3 rings (SSSR count). The number of H-pyrrole nitrogens is 1. The summed E-state index contributed by atoms with van der Waals surface area (Å²) in [5.41, 5.74) is 5.17. The van der Waals surface area contributed by atoms with Crippen molar-refractivity contribution in [2.45, 2.75) is 38.0 Å². The molecule has 6 nitrogen and oxygen atoms in total. The van der Waals surface area contributed by atoms with Crippen LogP contribution in [0.15, 0.2) is 27.4 Å². The van der Waals surface area contributed by atoms with E-state index in [4.69, 9.17) is 10.2 Å². The normalized spacial score (nSPS) is 21.2. The van der Waals surface area contributed by atoms with Crippen molar-refractivity contribution in [1.29, 1.82) is 0 Å². The van der Waals surface area contributed by atoms with Gasteiger partial charge in [-0.05, 0) is 43.9 Å². The number of alkyl halides is 3. The van der Waals surface area contributed by atoms with E-state index in [1.807, 2.05) is 6.92 Å². The maximum absolute atomic E-state index is 13.2. The number of nitrogens with zero attached hydrogens (tertiary/aromatic N) is 1. The summed E-state index contributed by atoms with van der Waals surface area (Å²) in [6.45, 7) is 1.83. The van der Waals surface area contributed by atoms with Gasteiger partial charge >= 0.3 is 11.9 Å². The second-order valence-electron chi connectivity index (χ2n) is 6.10. The van der Waals surface area contributed by atoms with Gasteiger partial charge < -0.3 is 15.5 Å². The van der Waals surface area contributed by atoms with Crippen molar-refractivity contribution >= 4 is 18.1 Å². The van der Waals surface area contributed by atoms with Crippen molar-refractivity contribution in [2.24, 2.45) is 11.7 Å². The van der Waals surface area contributed by atoms with Crippen molar-refractivity contribution < 1.29 is 17.6 Å². The second kappa shape index (κ2) is 7.09. The van der Waals surface area contributed by atoms with E-state index < -0.39 is 17.5 Å². The first kappa shape index (κ1) is 19.3. The molecule has 4 N–H and O–H groups in total. The largest absolute Gasteiger partial charge is 0.434 e. The molecule has 1 aliphatic rings. The lowest BCUT2D eigenvalue weighted by molar-refractivity contribution is -0.137. The van der Waals surface area contributed by atoms with E-state index in [-0.39, 0.29) is 47.6 Å². The maximum Gasteiger partial charge on any atom is 0.434 e. The van der Waals surface area contributed by atoms with Crippen molar-refractivity contribution in [3.63, 3.8) is 0 Å². The number of aromatic nitrogens is 2. The second-order valence-corrected chi connectivity index (χ2v) is 6.10. The Kier molecular flexibility index (Phi) is 5.48. The van der Waals surface area contributed by atoms with Crippen LogP contribution in [0.3, 0.4) is 0 Å². The fourth-order valence-electron chi connectivity index (χ4n) is 2.88. The molecule has 1 heterocycles. The molecule has 1 saturated carbocycles. The standard InChI is InChI=1S/C15H17F3N4O2.ClH/c1-7(9-4-10(19)5-9)20-12-6-8(13-21-22-14(23)24-13)2-3-11(12)15(16,17)18;/h2-3,6-7,9-10,20H,4-5,19H2,1H3,(H,22,23);1H/t7-,9?,10?;/m0./s1. The number of hydrogen-bond acceptors (Lipinski definition) is 5. The van der Waals surface area contributed by atoms with Gasteiger partial charge in [0.05, 0.1) is 5.56 Å². The smallest absolute Gasteiger partial charge is 0.388 e. The predicted molar refractivity (Wildman–Crippen MR) is 88.6 cm³/mol. The van der Waals surface area contributed by atoms with E-state index in [0.29, 0.717) is 0 Å². The molecular formula is C15H18ClF3N4O2. The topological polar surface area (TPSA) is 96.9 Å². The number of anilines is 1. The maximum atomic E-state index is 13.2. The number of nitrogens with two attached hydrogens (primary N) is 1. The lowest BCUT2D eigenvalue weighted by Crippen LogP contribution is -2.44. The van der Waals surface area contributed by atoms with E-state index in [1.54, 1.807) is 0 Å². The number of rotatable bonds is 4. The van der Waals surface area contributed by atoms with Crippen LogP contribution < -0.4 is 16.8 Å². The van der Waals surface area contributed by atoms with Crippen LogP contribution in [0.4, 0.5) is 18.9 Å². The minimum atomic E-state index is -4.50. The molecule has 1 fully saturated rings. The van der Waals surface area contributed by atoms with Gasteiger partial charge in [0.25, 0.3) is 0 Å². The third kappa shape index (κ3) is 4.16. The molecule has 1 aromatic heterocycles. The van der Waals surface area contributed by atoms with Gasteiger partial charge in [-0.25, -0.2) is 9.89 Å². The summed E-state index contributed by atoms with van der Waals surface area (Å²) in [4.78, 5) is 11.0. The van der Waals surface area contributed by atoms with E-state index in [0.717, 1.165) is 18.9 Å². The lowest BCUT2D eigenvalue weighted by Gasteiger charge is -2.38. The van der Waals surface area contributed by atoms with Crippen LogP contribution in [0, 0.1) is 5.92 Å². The number of nitrogens with one attached hydrogen (secondary N) is 2. The lowest BCUT2D eigenvalue weighted by atomic mass is 9.76. The van der Waals surface area contributed by atoms with Gasteiger partial charge in [-0.3, -0.25) is 0 Å². The Morgan fingerprint density at radius 2 is 2.08 bits per heavy atom. The highest BCUT2D eigenvalue weighted by atomic mass is 35.5. The van der Waals surface area contributed by atoms with E-state index >= 15 is 0 Å². The minimum absolute atomic E-state index is 0. The molecule has 0 unspecified atom stereocenters. The minimum Gasteiger partial charge on any atom is -0.388 e. The molecule has 0 radical (unpaired) electrons. The van der Waals surface area contributed by atoms with E-state index in [1.165, 1.54) is 12.1 Å². The van der Waals surface area contributed by atoms with Gasteiger partial charge in [-0.15, -0.1) is 17.5 Å². The Hall–Kier alpha value is -2.00. The summed E-state index contributed by atoms with van der Waals surface area (Å²) in [5, 5.41) is 8.65. The van der Waals surface area contributed by atoms with Crippen molar-refractivity contribution in [3.05, 3.63) is 34.3 Å². The van der Waals surface area contributed by atoms with Crippen LogP contribution in [-0.4, -0.2) is 22.3 Å². The first-order chi connectivity index (χ1) is 11.2. The quantitative estimate of drug-likeness (QED) is 0.759. The first-order valence-corrected chi connectivity index (χ1v) is 7.53. The molecule has 0 bridgehead atoms. The molecule has 2 aromatic rings. The Morgan fingerprint density at radius 1 is 1.40 bits per heavy atom. The summed E-state index contributed by atoms with van der Waals surface area (Å²) in [5.74, 6) is -0.598. The Bertz CT molecular complexity index is 784. The molecule has 138 valence electrons. The number of aromatic amines is 1. The molecule has 10 heteroatoms. The third-order valence-electron chi connectivity index (χ3n) is 4.31.